The summed E-state index contributed by atoms with van der Waals surface area (Å²) in [6.45, 7) is 1.68. The fourth-order valence-electron chi connectivity index (χ4n) is 3.53. The zero-order valence-electron chi connectivity index (χ0n) is 19.1. The van der Waals surface area contributed by atoms with Crippen molar-refractivity contribution in [3.05, 3.63) is 88.7 Å². The van der Waals surface area contributed by atoms with E-state index >= 15 is 0 Å². The van der Waals surface area contributed by atoms with Crippen LogP contribution in [-0.2, 0) is 16.1 Å². The second-order valence-electron chi connectivity index (χ2n) is 7.55. The van der Waals surface area contributed by atoms with Crippen LogP contribution in [0.3, 0.4) is 0 Å². The number of hydrogen-bond donors (Lipinski definition) is 0. The number of fused-ring (bicyclic) bond motifs is 1. The molecule has 1 aliphatic heterocycles. The molecule has 0 atom stereocenters. The minimum atomic E-state index is -0.494. The van der Waals surface area contributed by atoms with Crippen LogP contribution in [0.25, 0.3) is 6.08 Å². The van der Waals surface area contributed by atoms with Gasteiger partial charge in [-0.15, -0.1) is 0 Å². The first-order chi connectivity index (χ1) is 16.5. The van der Waals surface area contributed by atoms with Crippen LogP contribution in [0, 0.1) is 6.92 Å². The van der Waals surface area contributed by atoms with E-state index in [1.54, 1.807) is 57.6 Å². The molecule has 34 heavy (non-hydrogen) atoms. The number of methoxy groups -OCH3 is 2. The standard InChI is InChI=1S/C27H24O7/c1-17-22(32-16-25(28)33-15-18-7-5-4-6-8-18)12-10-21-26(29)24(34-27(17)21)14-19-13-20(30-2)9-11-23(19)31-3/h4-14H,15-16H2,1-3H3/b24-14-. The quantitative estimate of drug-likeness (QED) is 0.354. The molecule has 1 aliphatic rings. The van der Waals surface area contributed by atoms with Crippen molar-refractivity contribution in [1.29, 1.82) is 0 Å². The minimum absolute atomic E-state index is 0.157. The van der Waals surface area contributed by atoms with Crippen LogP contribution in [0.1, 0.15) is 27.0 Å². The number of hydrogen-bond acceptors (Lipinski definition) is 7. The van der Waals surface area contributed by atoms with Gasteiger partial charge < -0.3 is 23.7 Å². The third-order valence-electron chi connectivity index (χ3n) is 5.35. The van der Waals surface area contributed by atoms with Crippen LogP contribution < -0.4 is 18.9 Å². The molecule has 174 valence electrons. The molecule has 0 bridgehead atoms. The molecule has 0 radical (unpaired) electrons. The maximum atomic E-state index is 12.9. The highest BCUT2D eigenvalue weighted by molar-refractivity contribution is 6.15. The molecular formula is C27H24O7. The average Bonchev–Trinajstić information content (AvgIpc) is 3.18. The molecule has 0 fully saturated rings. The van der Waals surface area contributed by atoms with E-state index in [1.165, 1.54) is 0 Å². The van der Waals surface area contributed by atoms with Gasteiger partial charge in [-0.2, -0.15) is 0 Å². The predicted octanol–water partition coefficient (Wildman–Crippen LogP) is 4.75. The van der Waals surface area contributed by atoms with E-state index in [9.17, 15) is 9.59 Å². The van der Waals surface area contributed by atoms with Crippen molar-refractivity contribution in [2.75, 3.05) is 20.8 Å². The number of carbonyl (C=O) groups excluding carboxylic acids is 2. The fraction of sp³-hybridized carbons (Fsp3) is 0.185. The maximum Gasteiger partial charge on any atom is 0.344 e. The molecule has 0 spiro atoms. The van der Waals surface area contributed by atoms with E-state index in [2.05, 4.69) is 0 Å². The summed E-state index contributed by atoms with van der Waals surface area (Å²) < 4.78 is 27.4. The second kappa shape index (κ2) is 10.1. The highest BCUT2D eigenvalue weighted by Crippen LogP contribution is 2.40. The van der Waals surface area contributed by atoms with Crippen LogP contribution in [0.2, 0.25) is 0 Å². The van der Waals surface area contributed by atoms with E-state index in [0.717, 1.165) is 5.56 Å². The van der Waals surface area contributed by atoms with Crippen molar-refractivity contribution >= 4 is 17.8 Å². The Morgan fingerprint density at radius 2 is 1.74 bits per heavy atom. The Bertz CT molecular complexity index is 1250. The number of ketones is 1. The predicted molar refractivity (Wildman–Crippen MR) is 125 cm³/mol. The molecular weight excluding hydrogens is 436 g/mol. The van der Waals surface area contributed by atoms with Gasteiger partial charge in [0.2, 0.25) is 5.78 Å². The molecule has 3 aromatic rings. The van der Waals surface area contributed by atoms with Gasteiger partial charge in [0.15, 0.2) is 12.4 Å². The lowest BCUT2D eigenvalue weighted by Crippen LogP contribution is -2.15. The van der Waals surface area contributed by atoms with Crippen LogP contribution in [0.15, 0.2) is 66.4 Å². The lowest BCUT2D eigenvalue weighted by Gasteiger charge is -2.11. The van der Waals surface area contributed by atoms with Gasteiger partial charge in [-0.3, -0.25) is 4.79 Å². The summed E-state index contributed by atoms with van der Waals surface area (Å²) in [5, 5.41) is 0. The zero-order chi connectivity index (χ0) is 24.1. The summed E-state index contributed by atoms with van der Waals surface area (Å²) in [5.41, 5.74) is 2.57. The van der Waals surface area contributed by atoms with E-state index < -0.39 is 5.97 Å². The van der Waals surface area contributed by atoms with Gasteiger partial charge in [-0.05, 0) is 48.9 Å². The highest BCUT2D eigenvalue weighted by Gasteiger charge is 2.30. The van der Waals surface area contributed by atoms with Crippen molar-refractivity contribution in [1.82, 2.24) is 0 Å². The Labute approximate surface area is 197 Å². The first-order valence-electron chi connectivity index (χ1n) is 10.6. The van der Waals surface area contributed by atoms with Crippen molar-refractivity contribution in [2.45, 2.75) is 13.5 Å². The van der Waals surface area contributed by atoms with Gasteiger partial charge in [0.25, 0.3) is 0 Å². The van der Waals surface area contributed by atoms with Gasteiger partial charge in [0, 0.05) is 11.1 Å². The molecule has 0 N–H and O–H groups in total. The lowest BCUT2D eigenvalue weighted by atomic mass is 10.1. The average molecular weight is 460 g/mol. The summed E-state index contributed by atoms with van der Waals surface area (Å²) in [5.74, 6) is 1.45. The zero-order valence-corrected chi connectivity index (χ0v) is 19.1. The topological polar surface area (TPSA) is 80.3 Å². The van der Waals surface area contributed by atoms with Crippen molar-refractivity contribution in [2.24, 2.45) is 0 Å². The third kappa shape index (κ3) is 4.88. The van der Waals surface area contributed by atoms with Crippen LogP contribution in [-0.4, -0.2) is 32.6 Å². The summed E-state index contributed by atoms with van der Waals surface area (Å²) in [7, 11) is 3.11. The number of esters is 1. The molecule has 0 unspecified atom stereocenters. The van der Waals surface area contributed by atoms with Crippen molar-refractivity contribution in [3.8, 4) is 23.0 Å². The number of benzene rings is 3. The molecule has 7 nitrogen and oxygen atoms in total. The monoisotopic (exact) mass is 460 g/mol. The Morgan fingerprint density at radius 3 is 2.47 bits per heavy atom. The minimum Gasteiger partial charge on any atom is -0.497 e. The normalized spacial score (nSPS) is 13.3. The smallest absolute Gasteiger partial charge is 0.344 e. The fourth-order valence-corrected chi connectivity index (χ4v) is 3.53. The molecule has 0 aromatic heterocycles. The Morgan fingerprint density at radius 1 is 0.971 bits per heavy atom. The van der Waals surface area contributed by atoms with Gasteiger partial charge in [-0.1, -0.05) is 30.3 Å². The number of Topliss-reactive ketones (excluding diaryl/α,β-unsaturated/α-hetero) is 1. The van der Waals surface area contributed by atoms with E-state index in [0.29, 0.717) is 39.7 Å². The van der Waals surface area contributed by atoms with Gasteiger partial charge in [0.1, 0.15) is 29.6 Å². The second-order valence-corrected chi connectivity index (χ2v) is 7.55. The molecule has 0 saturated carbocycles. The molecule has 0 aliphatic carbocycles. The van der Waals surface area contributed by atoms with Crippen molar-refractivity contribution in [3.63, 3.8) is 0 Å². The summed E-state index contributed by atoms with van der Waals surface area (Å²) >= 11 is 0. The first kappa shape index (κ1) is 22.9. The Kier molecular flexibility index (Phi) is 6.82. The van der Waals surface area contributed by atoms with Gasteiger partial charge in [0.05, 0.1) is 19.8 Å². The molecule has 7 heteroatoms. The molecule has 1 heterocycles. The first-order valence-corrected chi connectivity index (χ1v) is 10.6. The Hall–Kier alpha value is -4.26. The molecule has 4 rings (SSSR count). The van der Waals surface area contributed by atoms with Gasteiger partial charge in [-0.25, -0.2) is 4.79 Å². The summed E-state index contributed by atoms with van der Waals surface area (Å²) in [4.78, 5) is 25.0. The SMILES string of the molecule is COc1ccc(OC)c(/C=C2\Oc3c(ccc(OCC(=O)OCc4ccccc4)c3C)C2=O)c1. The highest BCUT2D eigenvalue weighted by atomic mass is 16.6. The number of allylic oxidation sites excluding steroid dienone is 1. The summed E-state index contributed by atoms with van der Waals surface area (Å²) in [6, 6.07) is 18.0. The molecule has 3 aromatic carbocycles. The number of carbonyl (C=O) groups is 2. The van der Waals surface area contributed by atoms with Crippen LogP contribution in [0.5, 0.6) is 23.0 Å². The van der Waals surface area contributed by atoms with E-state index in [4.69, 9.17) is 23.7 Å². The Balaban J connectivity index is 1.47. The van der Waals surface area contributed by atoms with Crippen LogP contribution >= 0.6 is 0 Å². The maximum absolute atomic E-state index is 12.9. The molecule has 0 amide bonds. The van der Waals surface area contributed by atoms with Gasteiger partial charge >= 0.3 is 5.97 Å². The number of rotatable bonds is 8. The van der Waals surface area contributed by atoms with Crippen LogP contribution in [0.4, 0.5) is 0 Å². The summed E-state index contributed by atoms with van der Waals surface area (Å²) in [6.07, 6.45) is 1.62. The number of ether oxygens (including phenoxy) is 5. The van der Waals surface area contributed by atoms with E-state index in [-0.39, 0.29) is 24.8 Å². The molecule has 0 saturated heterocycles. The third-order valence-corrected chi connectivity index (χ3v) is 5.35. The van der Waals surface area contributed by atoms with Crippen molar-refractivity contribution < 1.29 is 33.3 Å². The van der Waals surface area contributed by atoms with E-state index in [1.807, 2.05) is 30.3 Å². The lowest BCUT2D eigenvalue weighted by molar-refractivity contribution is -0.147. The largest absolute Gasteiger partial charge is 0.497 e.